The van der Waals surface area contributed by atoms with E-state index < -0.39 is 0 Å². The Hall–Kier alpha value is -0.450. The molecule has 1 aliphatic rings. The van der Waals surface area contributed by atoms with Crippen molar-refractivity contribution in [3.63, 3.8) is 0 Å². The molecule has 0 aromatic heterocycles. The van der Waals surface area contributed by atoms with Gasteiger partial charge in [-0.2, -0.15) is 0 Å². The number of nitrogens with one attached hydrogen (secondary N) is 1. The van der Waals surface area contributed by atoms with E-state index in [4.69, 9.17) is 5.11 Å². The topological polar surface area (TPSA) is 49.3 Å². The Morgan fingerprint density at radius 1 is 1.37 bits per heavy atom. The number of aliphatic hydroxyl groups is 1. The van der Waals surface area contributed by atoms with Gasteiger partial charge in [0.1, 0.15) is 5.78 Å². The summed E-state index contributed by atoms with van der Waals surface area (Å²) in [5, 5.41) is 12.1. The van der Waals surface area contributed by atoms with Crippen LogP contribution < -0.4 is 5.32 Å². The van der Waals surface area contributed by atoms with E-state index in [9.17, 15) is 4.79 Å². The highest BCUT2D eigenvalue weighted by atomic mass is 79.9. The highest BCUT2D eigenvalue weighted by Gasteiger charge is 2.13. The molecule has 1 rings (SSSR count). The zero-order valence-corrected chi connectivity index (χ0v) is 13.3. The number of carbonyl (C=O) groups is 1. The van der Waals surface area contributed by atoms with E-state index in [0.29, 0.717) is 6.42 Å². The molecular formula is C15H24BrNO2. The molecule has 0 saturated carbocycles. The van der Waals surface area contributed by atoms with Gasteiger partial charge in [0.25, 0.3) is 0 Å². The maximum Gasteiger partial charge on any atom is 0.134 e. The molecule has 0 spiro atoms. The van der Waals surface area contributed by atoms with Gasteiger partial charge in [0, 0.05) is 19.6 Å². The monoisotopic (exact) mass is 329 g/mol. The van der Waals surface area contributed by atoms with Crippen LogP contribution in [0.1, 0.15) is 45.4 Å². The van der Waals surface area contributed by atoms with Crippen LogP contribution in [-0.2, 0) is 4.79 Å². The number of allylic oxidation sites excluding steroid dienone is 3. The molecule has 2 N–H and O–H groups in total. The molecule has 0 radical (unpaired) electrons. The second-order valence-corrected chi connectivity index (χ2v) is 6.08. The fourth-order valence-corrected chi connectivity index (χ4v) is 2.69. The van der Waals surface area contributed by atoms with Gasteiger partial charge in [-0.05, 0) is 61.7 Å². The standard InChI is InChI=1S/C15H24BrNO2/c1-12(19)9-14-10-15(16)6-5-13(14)11-17-7-3-2-4-8-18/h10,17-18H,2-9,11H2,1H3. The quantitative estimate of drug-likeness (QED) is 0.639. The molecule has 0 aromatic carbocycles. The van der Waals surface area contributed by atoms with Crippen molar-refractivity contribution in [2.45, 2.75) is 45.4 Å². The van der Waals surface area contributed by atoms with Gasteiger partial charge in [-0.1, -0.05) is 21.5 Å². The van der Waals surface area contributed by atoms with E-state index in [1.807, 2.05) is 0 Å². The molecule has 0 atom stereocenters. The molecule has 3 nitrogen and oxygen atoms in total. The molecule has 108 valence electrons. The maximum atomic E-state index is 11.3. The van der Waals surface area contributed by atoms with E-state index in [1.165, 1.54) is 15.6 Å². The number of unbranched alkanes of at least 4 members (excludes halogenated alkanes) is 2. The molecule has 0 aliphatic heterocycles. The highest BCUT2D eigenvalue weighted by Crippen LogP contribution is 2.28. The second kappa shape index (κ2) is 9.45. The van der Waals surface area contributed by atoms with Crippen LogP contribution in [0.3, 0.4) is 0 Å². The first-order chi connectivity index (χ1) is 9.13. The summed E-state index contributed by atoms with van der Waals surface area (Å²) in [4.78, 5) is 11.3. The van der Waals surface area contributed by atoms with Crippen LogP contribution in [0, 0.1) is 0 Å². The number of ketones is 1. The van der Waals surface area contributed by atoms with Crippen molar-refractivity contribution in [2.24, 2.45) is 0 Å². The van der Waals surface area contributed by atoms with Crippen LogP contribution in [0.15, 0.2) is 21.7 Å². The van der Waals surface area contributed by atoms with Crippen LogP contribution in [0.5, 0.6) is 0 Å². The predicted molar refractivity (Wildman–Crippen MR) is 82.4 cm³/mol. The van der Waals surface area contributed by atoms with Gasteiger partial charge in [0.15, 0.2) is 0 Å². The summed E-state index contributed by atoms with van der Waals surface area (Å²) in [6.45, 7) is 3.77. The number of halogens is 1. The lowest BCUT2D eigenvalue weighted by Gasteiger charge is -2.18. The smallest absolute Gasteiger partial charge is 0.134 e. The van der Waals surface area contributed by atoms with Gasteiger partial charge in [-0.3, -0.25) is 4.79 Å². The van der Waals surface area contributed by atoms with Gasteiger partial charge in [-0.25, -0.2) is 0 Å². The number of hydrogen-bond acceptors (Lipinski definition) is 3. The van der Waals surface area contributed by atoms with Gasteiger partial charge < -0.3 is 10.4 Å². The first kappa shape index (κ1) is 16.6. The molecule has 0 unspecified atom stereocenters. The van der Waals surface area contributed by atoms with Crippen molar-refractivity contribution < 1.29 is 9.90 Å². The predicted octanol–water partition coefficient (Wildman–Crippen LogP) is 3.09. The normalized spacial score (nSPS) is 15.6. The van der Waals surface area contributed by atoms with E-state index in [0.717, 1.165) is 45.2 Å². The fourth-order valence-electron chi connectivity index (χ4n) is 2.22. The summed E-state index contributed by atoms with van der Waals surface area (Å²) in [5.41, 5.74) is 2.54. The van der Waals surface area contributed by atoms with Crippen LogP contribution >= 0.6 is 15.9 Å². The molecule has 4 heteroatoms. The second-order valence-electron chi connectivity index (χ2n) is 5.06. The minimum atomic E-state index is 0.217. The van der Waals surface area contributed by atoms with Crippen molar-refractivity contribution in [3.05, 3.63) is 21.7 Å². The van der Waals surface area contributed by atoms with Crippen molar-refractivity contribution in [1.29, 1.82) is 0 Å². The molecule has 0 heterocycles. The van der Waals surface area contributed by atoms with Crippen LogP contribution in [0.4, 0.5) is 0 Å². The Balaban J connectivity index is 2.41. The van der Waals surface area contributed by atoms with Gasteiger partial charge in [0.05, 0.1) is 0 Å². The Kier molecular flexibility index (Phi) is 8.26. The number of rotatable bonds is 9. The molecule has 0 fully saturated rings. The average Bonchev–Trinajstić information content (AvgIpc) is 2.35. The molecular weight excluding hydrogens is 306 g/mol. The fraction of sp³-hybridized carbons (Fsp3) is 0.667. The Morgan fingerprint density at radius 2 is 2.16 bits per heavy atom. The number of aliphatic hydroxyl groups excluding tert-OH is 1. The number of Topliss-reactive ketones (excluding diaryl/α,β-unsaturated/α-hetero) is 1. The van der Waals surface area contributed by atoms with E-state index in [-0.39, 0.29) is 12.4 Å². The molecule has 0 saturated heterocycles. The molecule has 0 amide bonds. The van der Waals surface area contributed by atoms with Crippen molar-refractivity contribution in [1.82, 2.24) is 5.32 Å². The molecule has 0 aromatic rings. The van der Waals surface area contributed by atoms with E-state index in [1.54, 1.807) is 6.92 Å². The third kappa shape index (κ3) is 7.04. The zero-order chi connectivity index (χ0) is 14.1. The lowest BCUT2D eigenvalue weighted by Crippen LogP contribution is -2.20. The Morgan fingerprint density at radius 3 is 2.84 bits per heavy atom. The summed E-state index contributed by atoms with van der Waals surface area (Å²) in [5.74, 6) is 0.217. The Bertz CT molecular complexity index is 361. The van der Waals surface area contributed by atoms with Crippen LogP contribution in [-0.4, -0.2) is 30.6 Å². The highest BCUT2D eigenvalue weighted by molar-refractivity contribution is 9.11. The summed E-state index contributed by atoms with van der Waals surface area (Å²) < 4.78 is 1.19. The zero-order valence-electron chi connectivity index (χ0n) is 11.7. The molecule has 0 bridgehead atoms. The van der Waals surface area contributed by atoms with Crippen molar-refractivity contribution in [2.75, 3.05) is 19.7 Å². The molecule has 1 aliphatic carbocycles. The van der Waals surface area contributed by atoms with Gasteiger partial charge in [-0.15, -0.1) is 0 Å². The molecule has 19 heavy (non-hydrogen) atoms. The Labute approximate surface area is 124 Å². The van der Waals surface area contributed by atoms with Crippen LogP contribution in [0.2, 0.25) is 0 Å². The van der Waals surface area contributed by atoms with E-state index >= 15 is 0 Å². The summed E-state index contributed by atoms with van der Waals surface area (Å²) >= 11 is 3.53. The van der Waals surface area contributed by atoms with Crippen molar-refractivity contribution >= 4 is 21.7 Å². The summed E-state index contributed by atoms with van der Waals surface area (Å²) in [6, 6.07) is 0. The van der Waals surface area contributed by atoms with Crippen molar-refractivity contribution in [3.8, 4) is 0 Å². The lowest BCUT2D eigenvalue weighted by molar-refractivity contribution is -0.116. The number of carbonyl (C=O) groups excluding carboxylic acids is 1. The number of hydrogen-bond donors (Lipinski definition) is 2. The largest absolute Gasteiger partial charge is 0.396 e. The lowest BCUT2D eigenvalue weighted by atomic mass is 9.94. The third-order valence-electron chi connectivity index (χ3n) is 3.24. The van der Waals surface area contributed by atoms with Crippen LogP contribution in [0.25, 0.3) is 0 Å². The first-order valence-corrected chi connectivity index (χ1v) is 7.80. The SMILES string of the molecule is CC(=O)CC1=C(CNCCCCCO)CCC(Br)=C1. The van der Waals surface area contributed by atoms with Gasteiger partial charge in [0.2, 0.25) is 0 Å². The maximum absolute atomic E-state index is 11.3. The summed E-state index contributed by atoms with van der Waals surface area (Å²) in [7, 11) is 0. The summed E-state index contributed by atoms with van der Waals surface area (Å²) in [6.07, 6.45) is 7.75. The van der Waals surface area contributed by atoms with E-state index in [2.05, 4.69) is 27.3 Å². The third-order valence-corrected chi connectivity index (χ3v) is 3.87. The first-order valence-electron chi connectivity index (χ1n) is 7.01. The van der Waals surface area contributed by atoms with Gasteiger partial charge >= 0.3 is 0 Å². The minimum absolute atomic E-state index is 0.217. The minimum Gasteiger partial charge on any atom is -0.396 e. The average molecular weight is 330 g/mol.